The molecule has 1 aliphatic heterocycles. The first-order valence-corrected chi connectivity index (χ1v) is 9.47. The van der Waals surface area contributed by atoms with Crippen molar-refractivity contribution in [2.75, 3.05) is 26.2 Å². The molecule has 0 saturated carbocycles. The second-order valence-electron chi connectivity index (χ2n) is 7.41. The molecule has 146 valence electrons. The number of H-pyrrole nitrogens is 1. The number of hydrogen-bond donors (Lipinski definition) is 4. The van der Waals surface area contributed by atoms with Gasteiger partial charge < -0.3 is 20.9 Å². The van der Waals surface area contributed by atoms with Crippen LogP contribution in [-0.2, 0) is 16.0 Å². The summed E-state index contributed by atoms with van der Waals surface area (Å²) >= 11 is 5.84. The molecule has 1 fully saturated rings. The average molecular weight is 395 g/mol. The summed E-state index contributed by atoms with van der Waals surface area (Å²) in [6, 6.07) is 2.90. The van der Waals surface area contributed by atoms with Crippen LogP contribution in [0.15, 0.2) is 18.3 Å². The normalized spacial score (nSPS) is 19.8. The molecule has 3 rings (SSSR count). The molecular formula is C19H24ClFN4O2. The van der Waals surface area contributed by atoms with Crippen LogP contribution in [0.1, 0.15) is 25.3 Å². The highest BCUT2D eigenvalue weighted by atomic mass is 35.5. The molecule has 1 aliphatic rings. The maximum atomic E-state index is 13.5. The van der Waals surface area contributed by atoms with E-state index in [9.17, 15) is 14.0 Å². The summed E-state index contributed by atoms with van der Waals surface area (Å²) in [5.74, 6) is -1.75. The largest absolute Gasteiger partial charge is 0.361 e. The third-order valence-electron chi connectivity index (χ3n) is 5.06. The number of amides is 2. The van der Waals surface area contributed by atoms with Crippen molar-refractivity contribution in [2.45, 2.75) is 26.2 Å². The average Bonchev–Trinajstić information content (AvgIpc) is 3.02. The molecule has 6 nitrogen and oxygen atoms in total. The highest BCUT2D eigenvalue weighted by molar-refractivity contribution is 6.35. The van der Waals surface area contributed by atoms with Gasteiger partial charge in [0.05, 0.1) is 5.02 Å². The summed E-state index contributed by atoms with van der Waals surface area (Å²) in [6.07, 6.45) is 4.34. The number of nitrogens with one attached hydrogen (secondary N) is 4. The van der Waals surface area contributed by atoms with E-state index in [1.54, 1.807) is 12.3 Å². The van der Waals surface area contributed by atoms with E-state index in [-0.39, 0.29) is 10.4 Å². The Labute approximate surface area is 162 Å². The Hall–Kier alpha value is -2.12. The number of fused-ring (bicyclic) bond motifs is 1. The van der Waals surface area contributed by atoms with Crippen molar-refractivity contribution in [2.24, 2.45) is 5.41 Å². The van der Waals surface area contributed by atoms with Crippen LogP contribution in [-0.4, -0.2) is 43.0 Å². The molecule has 1 aromatic heterocycles. The number of carbonyl (C=O) groups is 2. The molecule has 0 bridgehead atoms. The van der Waals surface area contributed by atoms with Crippen LogP contribution in [0.25, 0.3) is 10.9 Å². The number of benzene rings is 1. The van der Waals surface area contributed by atoms with Crippen LogP contribution in [0.4, 0.5) is 4.39 Å². The fraction of sp³-hybridized carbons (Fsp3) is 0.474. The Morgan fingerprint density at radius 2 is 2.07 bits per heavy atom. The quantitative estimate of drug-likeness (QED) is 0.586. The van der Waals surface area contributed by atoms with Gasteiger partial charge in [-0.1, -0.05) is 18.5 Å². The van der Waals surface area contributed by atoms with Crippen LogP contribution < -0.4 is 16.0 Å². The fourth-order valence-corrected chi connectivity index (χ4v) is 3.58. The minimum Gasteiger partial charge on any atom is -0.361 e. The first kappa shape index (κ1) is 19.6. The molecule has 2 heterocycles. The summed E-state index contributed by atoms with van der Waals surface area (Å²) < 4.78 is 13.5. The van der Waals surface area contributed by atoms with Gasteiger partial charge >= 0.3 is 11.8 Å². The summed E-state index contributed by atoms with van der Waals surface area (Å²) in [6.45, 7) is 4.70. The molecular weight excluding hydrogens is 371 g/mol. The molecule has 0 radical (unpaired) electrons. The van der Waals surface area contributed by atoms with Gasteiger partial charge in [0.15, 0.2) is 0 Å². The molecule has 27 heavy (non-hydrogen) atoms. The summed E-state index contributed by atoms with van der Waals surface area (Å²) in [5, 5.41) is 9.52. The van der Waals surface area contributed by atoms with E-state index in [4.69, 9.17) is 11.6 Å². The molecule has 1 unspecified atom stereocenters. The molecule has 2 aromatic rings. The zero-order chi connectivity index (χ0) is 19.4. The Balaban J connectivity index is 1.48. The predicted octanol–water partition coefficient (Wildman–Crippen LogP) is 2.13. The monoisotopic (exact) mass is 394 g/mol. The first-order chi connectivity index (χ1) is 12.9. The number of aromatic amines is 1. The van der Waals surface area contributed by atoms with Crippen LogP contribution >= 0.6 is 11.6 Å². The van der Waals surface area contributed by atoms with Gasteiger partial charge in [0.25, 0.3) is 0 Å². The van der Waals surface area contributed by atoms with Gasteiger partial charge in [0.2, 0.25) is 0 Å². The molecule has 0 spiro atoms. The van der Waals surface area contributed by atoms with Crippen molar-refractivity contribution in [1.29, 1.82) is 0 Å². The lowest BCUT2D eigenvalue weighted by atomic mass is 9.83. The third kappa shape index (κ3) is 4.78. The topological polar surface area (TPSA) is 86.0 Å². The molecule has 2 amide bonds. The third-order valence-corrected chi connectivity index (χ3v) is 5.35. The van der Waals surface area contributed by atoms with Crippen molar-refractivity contribution < 1.29 is 14.0 Å². The zero-order valence-electron chi connectivity index (χ0n) is 15.3. The van der Waals surface area contributed by atoms with Crippen LogP contribution in [0.5, 0.6) is 0 Å². The molecule has 0 aliphatic carbocycles. The molecule has 4 N–H and O–H groups in total. The number of carbonyl (C=O) groups excluding carboxylic acids is 2. The standard InChI is InChI=1S/C19H24ClFN4O2/c1-19(4-2-5-22-10-19)11-25-18(27)17(26)23-6-3-12-9-24-16-8-15(21)14(20)7-13(12)16/h7-9,22,24H,2-6,10-11H2,1H3,(H,23,26)(H,25,27). The zero-order valence-corrected chi connectivity index (χ0v) is 16.0. The smallest absolute Gasteiger partial charge is 0.309 e. The van der Waals surface area contributed by atoms with E-state index in [1.807, 2.05) is 0 Å². The van der Waals surface area contributed by atoms with Crippen molar-refractivity contribution in [3.05, 3.63) is 34.7 Å². The predicted molar refractivity (Wildman–Crippen MR) is 103 cm³/mol. The van der Waals surface area contributed by atoms with Gasteiger partial charge in [-0.25, -0.2) is 4.39 Å². The molecule has 8 heteroatoms. The first-order valence-electron chi connectivity index (χ1n) is 9.10. The van der Waals surface area contributed by atoms with Gasteiger partial charge in [-0.3, -0.25) is 9.59 Å². The molecule has 1 aromatic carbocycles. The Kier molecular flexibility index (Phi) is 6.01. The van der Waals surface area contributed by atoms with Gasteiger partial charge in [0.1, 0.15) is 5.82 Å². The molecule has 1 saturated heterocycles. The maximum absolute atomic E-state index is 13.5. The molecule has 1 atom stereocenters. The Morgan fingerprint density at radius 3 is 2.81 bits per heavy atom. The van der Waals surface area contributed by atoms with E-state index >= 15 is 0 Å². The van der Waals surface area contributed by atoms with Crippen LogP contribution in [0.2, 0.25) is 5.02 Å². The second-order valence-corrected chi connectivity index (χ2v) is 7.81. The number of halogens is 2. The van der Waals surface area contributed by atoms with E-state index in [1.165, 1.54) is 6.07 Å². The van der Waals surface area contributed by atoms with Crippen LogP contribution in [0, 0.1) is 11.2 Å². The van der Waals surface area contributed by atoms with Crippen molar-refractivity contribution in [3.8, 4) is 0 Å². The van der Waals surface area contributed by atoms with Gasteiger partial charge in [-0.05, 0) is 48.9 Å². The minimum absolute atomic E-state index is 0.0211. The Bertz CT molecular complexity index is 846. The van der Waals surface area contributed by atoms with Crippen molar-refractivity contribution in [1.82, 2.24) is 20.9 Å². The summed E-state index contributed by atoms with van der Waals surface area (Å²) in [4.78, 5) is 27.0. The van der Waals surface area contributed by atoms with Gasteiger partial charge in [0, 0.05) is 36.7 Å². The van der Waals surface area contributed by atoms with E-state index < -0.39 is 17.6 Å². The lowest BCUT2D eigenvalue weighted by molar-refractivity contribution is -0.139. The summed E-state index contributed by atoms with van der Waals surface area (Å²) in [7, 11) is 0. The fourth-order valence-electron chi connectivity index (χ4n) is 3.42. The van der Waals surface area contributed by atoms with Gasteiger partial charge in [-0.15, -0.1) is 0 Å². The van der Waals surface area contributed by atoms with Gasteiger partial charge in [-0.2, -0.15) is 0 Å². The number of rotatable bonds is 5. The highest BCUT2D eigenvalue weighted by Gasteiger charge is 2.28. The number of hydrogen-bond acceptors (Lipinski definition) is 3. The SMILES string of the molecule is CC1(CNC(=O)C(=O)NCCc2c[nH]c3cc(F)c(Cl)cc23)CCCNC1. The van der Waals surface area contributed by atoms with Crippen molar-refractivity contribution in [3.63, 3.8) is 0 Å². The maximum Gasteiger partial charge on any atom is 0.309 e. The number of piperidine rings is 1. The minimum atomic E-state index is -0.647. The summed E-state index contributed by atoms with van der Waals surface area (Å²) in [5.41, 5.74) is 1.52. The Morgan fingerprint density at radius 1 is 1.30 bits per heavy atom. The van der Waals surface area contributed by atoms with E-state index in [2.05, 4.69) is 27.9 Å². The second kappa shape index (κ2) is 8.27. The highest BCUT2D eigenvalue weighted by Crippen LogP contribution is 2.25. The van der Waals surface area contributed by atoms with Crippen molar-refractivity contribution >= 4 is 34.3 Å². The van der Waals surface area contributed by atoms with E-state index in [0.717, 1.165) is 36.9 Å². The lowest BCUT2D eigenvalue weighted by Gasteiger charge is -2.34. The number of aromatic nitrogens is 1. The lowest BCUT2D eigenvalue weighted by Crippen LogP contribution is -2.49. The van der Waals surface area contributed by atoms with E-state index in [0.29, 0.717) is 25.0 Å². The van der Waals surface area contributed by atoms with Crippen LogP contribution in [0.3, 0.4) is 0 Å².